The second-order valence-corrected chi connectivity index (χ2v) is 11.3. The first-order chi connectivity index (χ1) is 16.6. The molecule has 2 aliphatic heterocycles. The van der Waals surface area contributed by atoms with Gasteiger partial charge in [0.15, 0.2) is 0 Å². The molecule has 182 valence electrons. The summed E-state index contributed by atoms with van der Waals surface area (Å²) in [5.74, 6) is 1.93. The van der Waals surface area contributed by atoms with Crippen molar-refractivity contribution in [3.8, 4) is 0 Å². The van der Waals surface area contributed by atoms with Crippen molar-refractivity contribution in [2.75, 3.05) is 19.6 Å². The molecule has 1 aromatic carbocycles. The van der Waals surface area contributed by atoms with E-state index in [2.05, 4.69) is 56.9 Å². The van der Waals surface area contributed by atoms with E-state index in [1.54, 1.807) is 0 Å². The van der Waals surface area contributed by atoms with Crippen molar-refractivity contribution in [1.29, 1.82) is 0 Å². The van der Waals surface area contributed by atoms with E-state index in [-0.39, 0.29) is 11.4 Å². The van der Waals surface area contributed by atoms with Crippen LogP contribution in [0.1, 0.15) is 74.1 Å². The number of nitrogens with zero attached hydrogens (tertiary/aromatic N) is 4. The van der Waals surface area contributed by atoms with Gasteiger partial charge in [0.2, 0.25) is 0 Å². The molecule has 6 rings (SSSR count). The lowest BCUT2D eigenvalue weighted by atomic mass is 9.72. The Bertz CT molecular complexity index is 1010. The highest BCUT2D eigenvalue weighted by Crippen LogP contribution is 2.43. The van der Waals surface area contributed by atoms with Gasteiger partial charge < -0.3 is 14.8 Å². The zero-order valence-corrected chi connectivity index (χ0v) is 20.6. The van der Waals surface area contributed by atoms with Crippen LogP contribution in [0.3, 0.4) is 0 Å². The van der Waals surface area contributed by atoms with Crippen LogP contribution < -0.4 is 5.32 Å². The minimum Gasteiger partial charge on any atom is -0.335 e. The van der Waals surface area contributed by atoms with Crippen molar-refractivity contribution in [3.05, 3.63) is 53.1 Å². The zero-order chi connectivity index (χ0) is 23.1. The average molecular weight is 462 g/mol. The van der Waals surface area contributed by atoms with E-state index in [4.69, 9.17) is 4.98 Å². The van der Waals surface area contributed by atoms with Crippen LogP contribution in [-0.2, 0) is 25.0 Å². The molecule has 0 atom stereocenters. The smallest absolute Gasteiger partial charge is 0.317 e. The van der Waals surface area contributed by atoms with Gasteiger partial charge in [0, 0.05) is 31.1 Å². The Morgan fingerprint density at radius 3 is 2.53 bits per heavy atom. The predicted octanol–water partition coefficient (Wildman–Crippen LogP) is 4.60. The Morgan fingerprint density at radius 1 is 1.09 bits per heavy atom. The number of nitrogens with one attached hydrogen (secondary N) is 1. The van der Waals surface area contributed by atoms with Gasteiger partial charge in [-0.2, -0.15) is 0 Å². The van der Waals surface area contributed by atoms with E-state index in [0.29, 0.717) is 12.6 Å². The largest absolute Gasteiger partial charge is 0.335 e. The third kappa shape index (κ3) is 4.37. The third-order valence-electron chi connectivity index (χ3n) is 8.77. The molecule has 1 spiro atoms. The molecule has 0 bridgehead atoms. The summed E-state index contributed by atoms with van der Waals surface area (Å²) < 4.78 is 2.46. The van der Waals surface area contributed by atoms with Crippen molar-refractivity contribution in [2.45, 2.75) is 89.4 Å². The van der Waals surface area contributed by atoms with E-state index in [1.807, 2.05) is 0 Å². The molecule has 3 heterocycles. The number of aryl methyl sites for hydroxylation is 1. The molecule has 3 fully saturated rings. The standard InChI is InChI=1S/C28H39N5O/c1-21-29-26-25(33(21)18-23-11-12-23)19-32(27(34)30-24-9-5-6-10-24)20-28(26)13-15-31(16-14-28)17-22-7-3-2-4-8-22/h2-4,7-8,23-24H,5-6,9-20H2,1H3,(H,30,34). The van der Waals surface area contributed by atoms with Crippen molar-refractivity contribution in [1.82, 2.24) is 24.7 Å². The van der Waals surface area contributed by atoms with Gasteiger partial charge in [-0.25, -0.2) is 9.78 Å². The molecule has 1 saturated heterocycles. The molecule has 2 saturated carbocycles. The van der Waals surface area contributed by atoms with E-state index >= 15 is 0 Å². The number of hydrogen-bond donors (Lipinski definition) is 1. The third-order valence-corrected chi connectivity index (χ3v) is 8.77. The molecule has 0 unspecified atom stereocenters. The van der Waals surface area contributed by atoms with Gasteiger partial charge in [0.1, 0.15) is 5.82 Å². The van der Waals surface area contributed by atoms with Crippen molar-refractivity contribution in [3.63, 3.8) is 0 Å². The molecular weight excluding hydrogens is 422 g/mol. The fraction of sp³-hybridized carbons (Fsp3) is 0.643. The highest BCUT2D eigenvalue weighted by Gasteiger charge is 2.46. The topological polar surface area (TPSA) is 53.4 Å². The number of rotatable bonds is 5. The lowest BCUT2D eigenvalue weighted by molar-refractivity contribution is 0.0994. The number of aromatic nitrogens is 2. The van der Waals surface area contributed by atoms with Crippen molar-refractivity contribution < 1.29 is 4.79 Å². The molecule has 1 N–H and O–H groups in total. The molecule has 6 nitrogen and oxygen atoms in total. The van der Waals surface area contributed by atoms with Gasteiger partial charge in [-0.3, -0.25) is 4.90 Å². The van der Waals surface area contributed by atoms with Crippen LogP contribution in [0.15, 0.2) is 30.3 Å². The molecule has 2 amide bonds. The van der Waals surface area contributed by atoms with E-state index in [0.717, 1.165) is 70.1 Å². The maximum atomic E-state index is 13.4. The van der Waals surface area contributed by atoms with E-state index in [9.17, 15) is 4.79 Å². The molecular formula is C28H39N5O. The highest BCUT2D eigenvalue weighted by atomic mass is 16.2. The van der Waals surface area contributed by atoms with Crippen LogP contribution >= 0.6 is 0 Å². The Balaban J connectivity index is 1.24. The van der Waals surface area contributed by atoms with Gasteiger partial charge in [-0.15, -0.1) is 0 Å². The Labute approximate surface area is 203 Å². The van der Waals surface area contributed by atoms with E-state index in [1.165, 1.54) is 42.6 Å². The summed E-state index contributed by atoms with van der Waals surface area (Å²) in [6.07, 6.45) is 9.54. The van der Waals surface area contributed by atoms with Crippen molar-refractivity contribution >= 4 is 6.03 Å². The second kappa shape index (κ2) is 9.03. The average Bonchev–Trinajstić information content (AvgIpc) is 3.42. The number of carbonyl (C=O) groups excluding carboxylic acids is 1. The summed E-state index contributed by atoms with van der Waals surface area (Å²) in [6.45, 7) is 7.87. The van der Waals surface area contributed by atoms with Crippen LogP contribution in [0.4, 0.5) is 4.79 Å². The van der Waals surface area contributed by atoms with Gasteiger partial charge in [0.25, 0.3) is 0 Å². The fourth-order valence-corrected chi connectivity index (χ4v) is 6.53. The van der Waals surface area contributed by atoms with Crippen LogP contribution in [0, 0.1) is 12.8 Å². The number of urea groups is 1. The lowest BCUT2D eigenvalue weighted by Gasteiger charge is -2.47. The van der Waals surface area contributed by atoms with Crippen LogP contribution in [0.2, 0.25) is 0 Å². The SMILES string of the molecule is Cc1nc2c(n1CC1CC1)CN(C(=O)NC1CCCC1)CC21CCN(Cc2ccccc2)CC1. The van der Waals surface area contributed by atoms with Crippen LogP contribution in [0.25, 0.3) is 0 Å². The van der Waals surface area contributed by atoms with Gasteiger partial charge in [0.05, 0.1) is 17.9 Å². The molecule has 2 aromatic rings. The number of piperidine rings is 1. The summed E-state index contributed by atoms with van der Waals surface area (Å²) in [4.78, 5) is 23.3. The minimum absolute atomic E-state index is 0.0205. The Morgan fingerprint density at radius 2 is 1.82 bits per heavy atom. The van der Waals surface area contributed by atoms with Crippen LogP contribution in [0.5, 0.6) is 0 Å². The lowest BCUT2D eigenvalue weighted by Crippen LogP contribution is -2.56. The van der Waals surface area contributed by atoms with Gasteiger partial charge >= 0.3 is 6.03 Å². The highest BCUT2D eigenvalue weighted by molar-refractivity contribution is 5.75. The molecule has 1 aromatic heterocycles. The van der Waals surface area contributed by atoms with Crippen molar-refractivity contribution in [2.24, 2.45) is 5.92 Å². The normalized spacial score (nSPS) is 22.8. The summed E-state index contributed by atoms with van der Waals surface area (Å²) in [6, 6.07) is 11.3. The number of fused-ring (bicyclic) bond motifs is 2. The summed E-state index contributed by atoms with van der Waals surface area (Å²) in [5, 5.41) is 3.37. The quantitative estimate of drug-likeness (QED) is 0.708. The monoisotopic (exact) mass is 461 g/mol. The number of amides is 2. The predicted molar refractivity (Wildman–Crippen MR) is 134 cm³/mol. The minimum atomic E-state index is -0.0205. The van der Waals surface area contributed by atoms with Crippen LogP contribution in [-0.4, -0.2) is 51.1 Å². The Kier molecular flexibility index (Phi) is 5.88. The summed E-state index contributed by atoms with van der Waals surface area (Å²) >= 11 is 0. The zero-order valence-electron chi connectivity index (χ0n) is 20.6. The summed E-state index contributed by atoms with van der Waals surface area (Å²) in [7, 11) is 0. The number of carbonyl (C=O) groups is 1. The molecule has 34 heavy (non-hydrogen) atoms. The number of likely N-dealkylation sites (tertiary alicyclic amines) is 1. The fourth-order valence-electron chi connectivity index (χ4n) is 6.53. The maximum Gasteiger partial charge on any atom is 0.317 e. The molecule has 0 radical (unpaired) electrons. The first-order valence-electron chi connectivity index (χ1n) is 13.5. The number of hydrogen-bond acceptors (Lipinski definition) is 3. The molecule has 6 heteroatoms. The maximum absolute atomic E-state index is 13.4. The molecule has 4 aliphatic rings. The second-order valence-electron chi connectivity index (χ2n) is 11.3. The number of imidazole rings is 1. The first-order valence-corrected chi connectivity index (χ1v) is 13.5. The Hall–Kier alpha value is -2.34. The number of benzene rings is 1. The first kappa shape index (κ1) is 22.1. The summed E-state index contributed by atoms with van der Waals surface area (Å²) in [5.41, 5.74) is 3.97. The molecule has 2 aliphatic carbocycles. The van der Waals surface area contributed by atoms with Gasteiger partial charge in [-0.1, -0.05) is 43.2 Å². The van der Waals surface area contributed by atoms with E-state index < -0.39 is 0 Å². The van der Waals surface area contributed by atoms with Gasteiger partial charge in [-0.05, 0) is 70.0 Å².